The maximum atomic E-state index is 13.0. The molecule has 1 aromatic carbocycles. The van der Waals surface area contributed by atoms with Crippen molar-refractivity contribution in [3.05, 3.63) is 47.8 Å². The van der Waals surface area contributed by atoms with Gasteiger partial charge in [-0.1, -0.05) is 12.1 Å². The average Bonchev–Trinajstić information content (AvgIpc) is 3.09. The summed E-state index contributed by atoms with van der Waals surface area (Å²) in [6, 6.07) is 5.08. The summed E-state index contributed by atoms with van der Waals surface area (Å²) in [5.41, 5.74) is -0.610. The Morgan fingerprint density at radius 3 is 2.33 bits per heavy atom. The first-order chi connectivity index (χ1) is 11.4. The zero-order chi connectivity index (χ0) is 17.2. The number of nitrogens with one attached hydrogen (secondary N) is 1. The molecule has 0 saturated carbocycles. The number of alkyl halides is 3. The fourth-order valence-electron chi connectivity index (χ4n) is 2.57. The highest BCUT2D eigenvalue weighted by atomic mass is 19.4. The number of amides is 1. The van der Waals surface area contributed by atoms with Crippen molar-refractivity contribution in [2.24, 2.45) is 0 Å². The molecule has 1 aromatic heterocycles. The number of carbonyl (C=O) groups excluding carboxylic acids is 1. The Kier molecular flexibility index (Phi) is 4.37. The van der Waals surface area contributed by atoms with Gasteiger partial charge in [-0.15, -0.1) is 0 Å². The Morgan fingerprint density at radius 2 is 1.71 bits per heavy atom. The van der Waals surface area contributed by atoms with E-state index in [4.69, 9.17) is 0 Å². The minimum absolute atomic E-state index is 0.00433. The van der Waals surface area contributed by atoms with E-state index in [0.29, 0.717) is 18.7 Å². The van der Waals surface area contributed by atoms with Crippen molar-refractivity contribution in [3.8, 4) is 0 Å². The Labute approximate surface area is 136 Å². The molecule has 1 amide bonds. The van der Waals surface area contributed by atoms with Crippen molar-refractivity contribution in [3.63, 3.8) is 0 Å². The Morgan fingerprint density at radius 1 is 1.08 bits per heavy atom. The number of nitrogens with zero attached hydrogens (tertiary/aromatic N) is 3. The van der Waals surface area contributed by atoms with Gasteiger partial charge in [0.1, 0.15) is 0 Å². The van der Waals surface area contributed by atoms with Gasteiger partial charge in [-0.3, -0.25) is 4.79 Å². The molecule has 0 radical (unpaired) electrons. The SMILES string of the molecule is O=C(c1cnc(Nc2ccccc2C(F)(F)F)nc1)N1CCCC1. The smallest absolute Gasteiger partial charge is 0.339 e. The number of hydrogen-bond acceptors (Lipinski definition) is 4. The van der Waals surface area contributed by atoms with Crippen LogP contribution in [-0.4, -0.2) is 33.9 Å². The normalized spacial score (nSPS) is 14.7. The molecule has 0 atom stereocenters. The van der Waals surface area contributed by atoms with E-state index >= 15 is 0 Å². The molecule has 8 heteroatoms. The van der Waals surface area contributed by atoms with Gasteiger partial charge in [0, 0.05) is 25.5 Å². The van der Waals surface area contributed by atoms with E-state index < -0.39 is 11.7 Å². The van der Waals surface area contributed by atoms with Gasteiger partial charge in [0.15, 0.2) is 0 Å². The first-order valence-electron chi connectivity index (χ1n) is 7.50. The van der Waals surface area contributed by atoms with Crippen molar-refractivity contribution in [2.45, 2.75) is 19.0 Å². The second-order valence-corrected chi connectivity index (χ2v) is 5.46. The van der Waals surface area contributed by atoms with Crippen molar-refractivity contribution >= 4 is 17.5 Å². The van der Waals surface area contributed by atoms with Crippen LogP contribution in [-0.2, 0) is 6.18 Å². The number of hydrogen-bond donors (Lipinski definition) is 1. The fraction of sp³-hybridized carbons (Fsp3) is 0.312. The summed E-state index contributed by atoms with van der Waals surface area (Å²) >= 11 is 0. The van der Waals surface area contributed by atoms with E-state index in [9.17, 15) is 18.0 Å². The van der Waals surface area contributed by atoms with E-state index in [1.165, 1.54) is 30.6 Å². The molecule has 2 aromatic rings. The van der Waals surface area contributed by atoms with Crippen molar-refractivity contribution < 1.29 is 18.0 Å². The molecule has 1 saturated heterocycles. The van der Waals surface area contributed by atoms with Gasteiger partial charge in [-0.25, -0.2) is 9.97 Å². The number of carbonyl (C=O) groups is 1. The van der Waals surface area contributed by atoms with Gasteiger partial charge in [0.25, 0.3) is 5.91 Å². The third-order valence-electron chi connectivity index (χ3n) is 3.77. The summed E-state index contributed by atoms with van der Waals surface area (Å²) in [5, 5.41) is 2.55. The first kappa shape index (κ1) is 16.2. The molecule has 0 bridgehead atoms. The molecule has 1 N–H and O–H groups in total. The second-order valence-electron chi connectivity index (χ2n) is 5.46. The largest absolute Gasteiger partial charge is 0.418 e. The number of likely N-dealkylation sites (tertiary alicyclic amines) is 1. The third kappa shape index (κ3) is 3.47. The summed E-state index contributed by atoms with van der Waals surface area (Å²) in [7, 11) is 0. The van der Waals surface area contributed by atoms with E-state index in [1.54, 1.807) is 4.90 Å². The van der Waals surface area contributed by atoms with E-state index in [1.807, 2.05) is 0 Å². The number of aromatic nitrogens is 2. The van der Waals surface area contributed by atoms with Gasteiger partial charge in [0.05, 0.1) is 16.8 Å². The van der Waals surface area contributed by atoms with Gasteiger partial charge < -0.3 is 10.2 Å². The van der Waals surface area contributed by atoms with Crippen LogP contribution >= 0.6 is 0 Å². The number of halogens is 3. The van der Waals surface area contributed by atoms with Crippen LogP contribution in [0.15, 0.2) is 36.7 Å². The van der Waals surface area contributed by atoms with E-state index in [-0.39, 0.29) is 17.5 Å². The van der Waals surface area contributed by atoms with Crippen molar-refractivity contribution in [1.82, 2.24) is 14.9 Å². The monoisotopic (exact) mass is 336 g/mol. The molecule has 1 aliphatic heterocycles. The maximum absolute atomic E-state index is 13.0. The molecule has 126 valence electrons. The van der Waals surface area contributed by atoms with Crippen LogP contribution in [0.5, 0.6) is 0 Å². The molecule has 2 heterocycles. The highest BCUT2D eigenvalue weighted by molar-refractivity contribution is 5.93. The molecule has 0 aliphatic carbocycles. The highest BCUT2D eigenvalue weighted by Crippen LogP contribution is 2.35. The molecule has 5 nitrogen and oxygen atoms in total. The molecule has 0 spiro atoms. The summed E-state index contributed by atoms with van der Waals surface area (Å²) in [4.78, 5) is 21.8. The Hall–Kier alpha value is -2.64. The van der Waals surface area contributed by atoms with Crippen molar-refractivity contribution in [1.29, 1.82) is 0 Å². The lowest BCUT2D eigenvalue weighted by Crippen LogP contribution is -2.27. The van der Waals surface area contributed by atoms with Gasteiger partial charge in [0.2, 0.25) is 5.95 Å². The average molecular weight is 336 g/mol. The standard InChI is InChI=1S/C16H15F3N4O/c17-16(18,19)12-5-1-2-6-13(12)22-15-20-9-11(10-21-15)14(24)23-7-3-4-8-23/h1-2,5-6,9-10H,3-4,7-8H2,(H,20,21,22). The Balaban J connectivity index is 1.76. The zero-order valence-corrected chi connectivity index (χ0v) is 12.7. The fourth-order valence-corrected chi connectivity index (χ4v) is 2.57. The topological polar surface area (TPSA) is 58.1 Å². The van der Waals surface area contributed by atoms with Crippen LogP contribution in [0, 0.1) is 0 Å². The third-order valence-corrected chi connectivity index (χ3v) is 3.77. The minimum atomic E-state index is -4.48. The predicted molar refractivity (Wildman–Crippen MR) is 81.9 cm³/mol. The lowest BCUT2D eigenvalue weighted by Gasteiger charge is -2.15. The first-order valence-corrected chi connectivity index (χ1v) is 7.50. The predicted octanol–water partition coefficient (Wildman–Crippen LogP) is 3.48. The van der Waals surface area contributed by atoms with Crippen LogP contribution in [0.1, 0.15) is 28.8 Å². The zero-order valence-electron chi connectivity index (χ0n) is 12.7. The number of benzene rings is 1. The minimum Gasteiger partial charge on any atom is -0.339 e. The highest BCUT2D eigenvalue weighted by Gasteiger charge is 2.33. The summed E-state index contributed by atoms with van der Waals surface area (Å²) in [5.74, 6) is -0.153. The summed E-state index contributed by atoms with van der Waals surface area (Å²) in [6.45, 7) is 1.41. The molecule has 1 fully saturated rings. The van der Waals surface area contributed by atoms with Crippen LogP contribution in [0.3, 0.4) is 0 Å². The second kappa shape index (κ2) is 6.46. The molecular formula is C16H15F3N4O. The molecule has 1 aliphatic rings. The lowest BCUT2D eigenvalue weighted by molar-refractivity contribution is -0.136. The van der Waals surface area contributed by atoms with Crippen LogP contribution < -0.4 is 5.32 Å². The van der Waals surface area contributed by atoms with Gasteiger partial charge in [-0.2, -0.15) is 13.2 Å². The summed E-state index contributed by atoms with van der Waals surface area (Å²) < 4.78 is 38.9. The van der Waals surface area contributed by atoms with Crippen LogP contribution in [0.2, 0.25) is 0 Å². The molecular weight excluding hydrogens is 321 g/mol. The molecule has 3 rings (SSSR count). The van der Waals surface area contributed by atoms with E-state index in [2.05, 4.69) is 15.3 Å². The quantitative estimate of drug-likeness (QED) is 0.932. The van der Waals surface area contributed by atoms with Crippen LogP contribution in [0.4, 0.5) is 24.8 Å². The number of anilines is 2. The van der Waals surface area contributed by atoms with Gasteiger partial charge >= 0.3 is 6.18 Å². The van der Waals surface area contributed by atoms with Gasteiger partial charge in [-0.05, 0) is 25.0 Å². The Bertz CT molecular complexity index is 725. The van der Waals surface area contributed by atoms with E-state index in [0.717, 1.165) is 18.9 Å². The lowest BCUT2D eigenvalue weighted by atomic mass is 10.1. The van der Waals surface area contributed by atoms with Crippen molar-refractivity contribution in [2.75, 3.05) is 18.4 Å². The molecule has 0 unspecified atom stereocenters. The molecule has 24 heavy (non-hydrogen) atoms. The number of para-hydroxylation sites is 1. The number of rotatable bonds is 3. The summed E-state index contributed by atoms with van der Waals surface area (Å²) in [6.07, 6.45) is 0.120. The maximum Gasteiger partial charge on any atom is 0.418 e. The van der Waals surface area contributed by atoms with Crippen LogP contribution in [0.25, 0.3) is 0 Å².